The topological polar surface area (TPSA) is 66.9 Å². The summed E-state index contributed by atoms with van der Waals surface area (Å²) in [5, 5.41) is 3.59. The molecule has 1 aromatic heterocycles. The minimum Gasteiger partial charge on any atom is -0.352 e. The van der Waals surface area contributed by atoms with Crippen molar-refractivity contribution in [1.82, 2.24) is 14.9 Å². The summed E-state index contributed by atoms with van der Waals surface area (Å²) in [6, 6.07) is 12.2. The Morgan fingerprint density at radius 3 is 2.75 bits per heavy atom. The molecule has 0 saturated heterocycles. The van der Waals surface area contributed by atoms with Crippen LogP contribution in [0.1, 0.15) is 16.8 Å². The second-order valence-electron chi connectivity index (χ2n) is 5.33. The van der Waals surface area contributed by atoms with Crippen LogP contribution in [0.5, 0.6) is 0 Å². The van der Waals surface area contributed by atoms with E-state index in [1.54, 1.807) is 16.7 Å². The number of para-hydroxylation sites is 2. The highest BCUT2D eigenvalue weighted by molar-refractivity contribution is 6.36. The average Bonchev–Trinajstić information content (AvgIpc) is 2.87. The molecular formula is C17H15Cl2N3O2. The molecule has 3 rings (SSSR count). The van der Waals surface area contributed by atoms with Gasteiger partial charge in [0.05, 0.1) is 21.6 Å². The number of nitrogens with one attached hydrogen (secondary N) is 2. The van der Waals surface area contributed by atoms with Crippen molar-refractivity contribution in [2.45, 2.75) is 13.0 Å². The van der Waals surface area contributed by atoms with Crippen LogP contribution in [0.15, 0.2) is 47.3 Å². The van der Waals surface area contributed by atoms with Crippen molar-refractivity contribution in [2.24, 2.45) is 0 Å². The molecule has 0 unspecified atom stereocenters. The minimum atomic E-state index is -0.261. The van der Waals surface area contributed by atoms with Gasteiger partial charge < -0.3 is 10.3 Å². The highest BCUT2D eigenvalue weighted by Gasteiger charge is 2.10. The number of rotatable bonds is 5. The van der Waals surface area contributed by atoms with Crippen LogP contribution in [0.3, 0.4) is 0 Å². The number of amides is 1. The molecule has 7 heteroatoms. The lowest BCUT2D eigenvalue weighted by molar-refractivity contribution is 0.0953. The van der Waals surface area contributed by atoms with Crippen molar-refractivity contribution in [3.05, 3.63) is 68.6 Å². The lowest BCUT2D eigenvalue weighted by Gasteiger charge is -2.08. The summed E-state index contributed by atoms with van der Waals surface area (Å²) >= 11 is 11.8. The molecular weight excluding hydrogens is 349 g/mol. The predicted molar refractivity (Wildman–Crippen MR) is 96.0 cm³/mol. The first-order valence-electron chi connectivity index (χ1n) is 7.47. The molecule has 2 N–H and O–H groups in total. The van der Waals surface area contributed by atoms with Gasteiger partial charge >= 0.3 is 5.69 Å². The summed E-state index contributed by atoms with van der Waals surface area (Å²) in [6.45, 7) is 0.946. The second kappa shape index (κ2) is 7.11. The largest absolute Gasteiger partial charge is 0.352 e. The van der Waals surface area contributed by atoms with Crippen molar-refractivity contribution in [1.29, 1.82) is 0 Å². The number of nitrogens with zero attached hydrogens (tertiary/aromatic N) is 1. The maximum atomic E-state index is 12.1. The fourth-order valence-electron chi connectivity index (χ4n) is 2.54. The molecule has 5 nitrogen and oxygen atoms in total. The van der Waals surface area contributed by atoms with Gasteiger partial charge in [-0.15, -0.1) is 0 Å². The molecule has 0 bridgehead atoms. The first kappa shape index (κ1) is 16.6. The van der Waals surface area contributed by atoms with E-state index in [0.29, 0.717) is 35.1 Å². The maximum Gasteiger partial charge on any atom is 0.326 e. The van der Waals surface area contributed by atoms with E-state index < -0.39 is 0 Å². The number of hydrogen-bond donors (Lipinski definition) is 2. The van der Waals surface area contributed by atoms with E-state index in [-0.39, 0.29) is 11.6 Å². The predicted octanol–water partition coefficient (Wildman–Crippen LogP) is 3.46. The molecule has 2 aromatic carbocycles. The van der Waals surface area contributed by atoms with Crippen LogP contribution in [0.4, 0.5) is 0 Å². The van der Waals surface area contributed by atoms with Crippen LogP contribution in [-0.2, 0) is 6.54 Å². The van der Waals surface area contributed by atoms with Gasteiger partial charge in [0, 0.05) is 18.1 Å². The zero-order valence-electron chi connectivity index (χ0n) is 12.7. The van der Waals surface area contributed by atoms with Crippen LogP contribution >= 0.6 is 23.2 Å². The van der Waals surface area contributed by atoms with Gasteiger partial charge in [0.15, 0.2) is 0 Å². The number of aryl methyl sites for hydroxylation is 1. The number of hydrogen-bond acceptors (Lipinski definition) is 2. The Balaban J connectivity index is 1.59. The molecule has 3 aromatic rings. The summed E-state index contributed by atoms with van der Waals surface area (Å²) < 4.78 is 1.66. The number of halogens is 2. The number of carbonyl (C=O) groups is 1. The summed E-state index contributed by atoms with van der Waals surface area (Å²) in [4.78, 5) is 26.9. The van der Waals surface area contributed by atoms with E-state index in [1.807, 2.05) is 24.3 Å². The van der Waals surface area contributed by atoms with Gasteiger partial charge in [0.1, 0.15) is 0 Å². The molecule has 0 spiro atoms. The Hall–Kier alpha value is -2.24. The van der Waals surface area contributed by atoms with Crippen LogP contribution in [-0.4, -0.2) is 22.0 Å². The number of aromatic amines is 1. The normalized spacial score (nSPS) is 10.9. The molecule has 1 heterocycles. The van der Waals surface area contributed by atoms with E-state index in [4.69, 9.17) is 23.2 Å². The van der Waals surface area contributed by atoms with Crippen LogP contribution < -0.4 is 11.0 Å². The van der Waals surface area contributed by atoms with Gasteiger partial charge in [-0.05, 0) is 36.8 Å². The fourth-order valence-corrected chi connectivity index (χ4v) is 3.03. The number of benzene rings is 2. The molecule has 1 amide bonds. The Morgan fingerprint density at radius 1 is 1.17 bits per heavy atom. The van der Waals surface area contributed by atoms with E-state index in [1.165, 1.54) is 6.07 Å². The number of H-pyrrole nitrogens is 1. The molecule has 0 aliphatic rings. The monoisotopic (exact) mass is 363 g/mol. The Labute approximate surface area is 148 Å². The van der Waals surface area contributed by atoms with Gasteiger partial charge in [-0.2, -0.15) is 0 Å². The zero-order valence-corrected chi connectivity index (χ0v) is 14.2. The van der Waals surface area contributed by atoms with E-state index >= 15 is 0 Å². The number of fused-ring (bicyclic) bond motifs is 1. The van der Waals surface area contributed by atoms with Crippen molar-refractivity contribution < 1.29 is 4.79 Å². The van der Waals surface area contributed by atoms with Crippen molar-refractivity contribution >= 4 is 40.1 Å². The van der Waals surface area contributed by atoms with E-state index in [0.717, 1.165) is 11.0 Å². The molecule has 0 aliphatic carbocycles. The second-order valence-corrected chi connectivity index (χ2v) is 6.18. The molecule has 0 saturated carbocycles. The quantitative estimate of drug-likeness (QED) is 0.681. The molecule has 124 valence electrons. The Morgan fingerprint density at radius 2 is 1.96 bits per heavy atom. The smallest absolute Gasteiger partial charge is 0.326 e. The Bertz CT molecular complexity index is 946. The fraction of sp³-hybridized carbons (Fsp3) is 0.176. The molecule has 0 fully saturated rings. The maximum absolute atomic E-state index is 12.1. The third kappa shape index (κ3) is 3.47. The first-order valence-corrected chi connectivity index (χ1v) is 8.22. The van der Waals surface area contributed by atoms with Gasteiger partial charge in [0.2, 0.25) is 0 Å². The molecule has 0 radical (unpaired) electrons. The lowest BCUT2D eigenvalue weighted by Crippen LogP contribution is -2.26. The minimum absolute atomic E-state index is 0.150. The van der Waals surface area contributed by atoms with Crippen LogP contribution in [0.2, 0.25) is 10.0 Å². The molecule has 24 heavy (non-hydrogen) atoms. The summed E-state index contributed by atoms with van der Waals surface area (Å²) in [5.41, 5.74) is 1.89. The van der Waals surface area contributed by atoms with Gasteiger partial charge in [-0.1, -0.05) is 35.3 Å². The van der Waals surface area contributed by atoms with E-state index in [2.05, 4.69) is 10.3 Å². The van der Waals surface area contributed by atoms with Crippen molar-refractivity contribution in [3.8, 4) is 0 Å². The third-order valence-corrected chi connectivity index (χ3v) is 4.25. The van der Waals surface area contributed by atoms with Crippen molar-refractivity contribution in [2.75, 3.05) is 6.54 Å². The van der Waals surface area contributed by atoms with E-state index in [9.17, 15) is 9.59 Å². The summed E-state index contributed by atoms with van der Waals surface area (Å²) in [5.74, 6) is -0.261. The van der Waals surface area contributed by atoms with Crippen LogP contribution in [0.25, 0.3) is 11.0 Å². The highest BCUT2D eigenvalue weighted by atomic mass is 35.5. The molecule has 0 aliphatic heterocycles. The van der Waals surface area contributed by atoms with Crippen LogP contribution in [0, 0.1) is 0 Å². The first-order chi connectivity index (χ1) is 11.6. The third-order valence-electron chi connectivity index (χ3n) is 3.70. The average molecular weight is 364 g/mol. The zero-order chi connectivity index (χ0) is 17.1. The number of aromatic nitrogens is 2. The Kier molecular flexibility index (Phi) is 4.92. The lowest BCUT2D eigenvalue weighted by atomic mass is 10.2. The van der Waals surface area contributed by atoms with Gasteiger partial charge in [0.25, 0.3) is 5.91 Å². The standard InChI is InChI=1S/C17H15Cl2N3O2/c18-11-6-7-12(13(19)10-11)16(23)20-8-3-9-22-15-5-2-1-4-14(15)21-17(22)24/h1-2,4-7,10H,3,8-9H2,(H,20,23)(H,21,24). The number of carbonyl (C=O) groups excluding carboxylic acids is 1. The highest BCUT2D eigenvalue weighted by Crippen LogP contribution is 2.20. The van der Waals surface area contributed by atoms with Gasteiger partial charge in [-0.3, -0.25) is 9.36 Å². The number of imidazole rings is 1. The van der Waals surface area contributed by atoms with Crippen molar-refractivity contribution in [3.63, 3.8) is 0 Å². The summed E-state index contributed by atoms with van der Waals surface area (Å²) in [7, 11) is 0. The summed E-state index contributed by atoms with van der Waals surface area (Å²) in [6.07, 6.45) is 0.624. The SMILES string of the molecule is O=C(NCCCn1c(=O)[nH]c2ccccc21)c1ccc(Cl)cc1Cl. The molecule has 0 atom stereocenters. The van der Waals surface area contributed by atoms with Gasteiger partial charge in [-0.25, -0.2) is 4.79 Å².